The normalized spacial score (nSPS) is 23.0. The monoisotopic (exact) mass is 264 g/mol. The number of rotatable bonds is 4. The zero-order valence-corrected chi connectivity index (χ0v) is 12.3. The van der Waals surface area contributed by atoms with Crippen LogP contribution in [0.1, 0.15) is 50.9 Å². The van der Waals surface area contributed by atoms with Crippen LogP contribution in [0.5, 0.6) is 0 Å². The first-order valence-corrected chi connectivity index (χ1v) is 6.93. The molecule has 1 saturated heterocycles. The largest absolute Gasteiger partial charge is 0.383 e. The number of nitrogens with zero attached hydrogens (tertiary/aromatic N) is 2. The molecule has 1 fully saturated rings. The Bertz CT molecular complexity index is 453. The summed E-state index contributed by atoms with van der Waals surface area (Å²) in [5.74, 6) is 2.43. The molecule has 0 aromatic carbocycles. The Morgan fingerprint density at radius 1 is 1.42 bits per heavy atom. The fourth-order valence-corrected chi connectivity index (χ4v) is 2.23. The highest BCUT2D eigenvalue weighted by Gasteiger charge is 2.29. The van der Waals surface area contributed by atoms with E-state index in [4.69, 9.17) is 10.5 Å². The summed E-state index contributed by atoms with van der Waals surface area (Å²) in [7, 11) is 0. The molecular formula is C14H24N4O. The van der Waals surface area contributed by atoms with E-state index >= 15 is 0 Å². The molecule has 1 atom stereocenters. The van der Waals surface area contributed by atoms with E-state index in [2.05, 4.69) is 36.1 Å². The first kappa shape index (κ1) is 14.1. The number of nitrogens with two attached hydrogens (primary N) is 1. The first-order chi connectivity index (χ1) is 8.91. The van der Waals surface area contributed by atoms with E-state index in [9.17, 15) is 0 Å². The lowest BCUT2D eigenvalue weighted by atomic mass is 10.0. The molecule has 5 heteroatoms. The Labute approximate surface area is 115 Å². The zero-order valence-electron chi connectivity index (χ0n) is 12.3. The van der Waals surface area contributed by atoms with Crippen LogP contribution < -0.4 is 11.1 Å². The number of nitrogen functional groups attached to an aromatic ring is 1. The van der Waals surface area contributed by atoms with Crippen molar-refractivity contribution in [1.82, 2.24) is 9.97 Å². The molecule has 2 rings (SSSR count). The van der Waals surface area contributed by atoms with Gasteiger partial charge in [0.1, 0.15) is 17.5 Å². The molecular weight excluding hydrogens is 240 g/mol. The molecule has 0 amide bonds. The summed E-state index contributed by atoms with van der Waals surface area (Å²) < 4.78 is 5.77. The summed E-state index contributed by atoms with van der Waals surface area (Å²) in [6.07, 6.45) is 2.21. The highest BCUT2D eigenvalue weighted by atomic mass is 16.5. The van der Waals surface area contributed by atoms with Crippen LogP contribution in [-0.4, -0.2) is 28.7 Å². The van der Waals surface area contributed by atoms with Crippen LogP contribution in [-0.2, 0) is 4.74 Å². The van der Waals surface area contributed by atoms with E-state index in [1.807, 2.05) is 6.92 Å². The van der Waals surface area contributed by atoms with Crippen LogP contribution in [0.15, 0.2) is 0 Å². The fraction of sp³-hybridized carbons (Fsp3) is 0.714. The summed E-state index contributed by atoms with van der Waals surface area (Å²) in [4.78, 5) is 8.89. The van der Waals surface area contributed by atoms with Crippen LogP contribution in [0.4, 0.5) is 11.6 Å². The van der Waals surface area contributed by atoms with Gasteiger partial charge in [-0.1, -0.05) is 13.8 Å². The molecule has 5 nitrogen and oxygen atoms in total. The Kier molecular flexibility index (Phi) is 3.94. The Balaban J connectivity index is 2.15. The maximum absolute atomic E-state index is 5.95. The van der Waals surface area contributed by atoms with Gasteiger partial charge < -0.3 is 15.8 Å². The second-order valence-corrected chi connectivity index (χ2v) is 5.85. The number of ether oxygens (including phenoxy) is 1. The minimum Gasteiger partial charge on any atom is -0.383 e. The van der Waals surface area contributed by atoms with Crippen LogP contribution in [0.3, 0.4) is 0 Å². The maximum atomic E-state index is 5.95. The van der Waals surface area contributed by atoms with E-state index in [1.54, 1.807) is 0 Å². The van der Waals surface area contributed by atoms with Crippen molar-refractivity contribution in [3.8, 4) is 0 Å². The van der Waals surface area contributed by atoms with E-state index in [-0.39, 0.29) is 11.5 Å². The van der Waals surface area contributed by atoms with Gasteiger partial charge in [-0.3, -0.25) is 0 Å². The van der Waals surface area contributed by atoms with Gasteiger partial charge in [-0.05, 0) is 26.7 Å². The Morgan fingerprint density at radius 3 is 2.74 bits per heavy atom. The summed E-state index contributed by atoms with van der Waals surface area (Å²) in [5.41, 5.74) is 6.77. The van der Waals surface area contributed by atoms with Gasteiger partial charge in [0, 0.05) is 24.6 Å². The lowest BCUT2D eigenvalue weighted by molar-refractivity contribution is 0.0314. The molecule has 0 bridgehead atoms. The predicted molar refractivity (Wildman–Crippen MR) is 77.4 cm³/mol. The van der Waals surface area contributed by atoms with E-state index in [1.165, 1.54) is 0 Å². The summed E-state index contributed by atoms with van der Waals surface area (Å²) in [6.45, 7) is 9.81. The van der Waals surface area contributed by atoms with Gasteiger partial charge in [0.05, 0.1) is 5.60 Å². The molecule has 0 aliphatic carbocycles. The van der Waals surface area contributed by atoms with Crippen molar-refractivity contribution in [3.05, 3.63) is 11.4 Å². The standard InChI is InChI=1S/C14H24N4O/c1-9(2)12-17-11(15)10(3)13(18-12)16-8-14(4)6-5-7-19-14/h9H,5-8H2,1-4H3,(H3,15,16,17,18). The number of aromatic nitrogens is 2. The molecule has 1 aliphatic heterocycles. The van der Waals surface area contributed by atoms with Crippen LogP contribution in [0.25, 0.3) is 0 Å². The predicted octanol–water partition coefficient (Wildman–Crippen LogP) is 2.47. The second kappa shape index (κ2) is 5.33. The molecule has 1 aromatic rings. The lowest BCUT2D eigenvalue weighted by Gasteiger charge is -2.24. The fourth-order valence-electron chi connectivity index (χ4n) is 2.23. The van der Waals surface area contributed by atoms with Gasteiger partial charge in [-0.15, -0.1) is 0 Å². The van der Waals surface area contributed by atoms with Crippen molar-refractivity contribution < 1.29 is 4.74 Å². The zero-order chi connectivity index (χ0) is 14.0. The summed E-state index contributed by atoms with van der Waals surface area (Å²) in [6, 6.07) is 0. The smallest absolute Gasteiger partial charge is 0.135 e. The van der Waals surface area contributed by atoms with Gasteiger partial charge in [-0.25, -0.2) is 9.97 Å². The van der Waals surface area contributed by atoms with Gasteiger partial charge in [0.2, 0.25) is 0 Å². The molecule has 106 valence electrons. The minimum atomic E-state index is -0.0931. The van der Waals surface area contributed by atoms with Crippen molar-refractivity contribution >= 4 is 11.6 Å². The topological polar surface area (TPSA) is 73.1 Å². The van der Waals surface area contributed by atoms with Crippen LogP contribution in [0, 0.1) is 6.92 Å². The van der Waals surface area contributed by atoms with Crippen molar-refractivity contribution in [1.29, 1.82) is 0 Å². The third-order valence-electron chi connectivity index (χ3n) is 3.65. The molecule has 3 N–H and O–H groups in total. The Morgan fingerprint density at radius 2 is 2.16 bits per heavy atom. The van der Waals surface area contributed by atoms with Gasteiger partial charge in [0.15, 0.2) is 0 Å². The number of nitrogens with one attached hydrogen (secondary N) is 1. The Hall–Kier alpha value is -1.36. The van der Waals surface area contributed by atoms with E-state index < -0.39 is 0 Å². The minimum absolute atomic E-state index is 0.0931. The summed E-state index contributed by atoms with van der Waals surface area (Å²) >= 11 is 0. The highest BCUT2D eigenvalue weighted by Crippen LogP contribution is 2.27. The van der Waals surface area contributed by atoms with Crippen molar-refractivity contribution in [2.75, 3.05) is 24.2 Å². The van der Waals surface area contributed by atoms with E-state index in [0.717, 1.165) is 43.2 Å². The number of hydrogen-bond donors (Lipinski definition) is 2. The third kappa shape index (κ3) is 3.15. The molecule has 19 heavy (non-hydrogen) atoms. The average molecular weight is 264 g/mol. The summed E-state index contributed by atoms with van der Waals surface area (Å²) in [5, 5.41) is 3.38. The third-order valence-corrected chi connectivity index (χ3v) is 3.65. The van der Waals surface area contributed by atoms with Gasteiger partial charge in [0.25, 0.3) is 0 Å². The van der Waals surface area contributed by atoms with Crippen molar-refractivity contribution in [3.63, 3.8) is 0 Å². The molecule has 1 aliphatic rings. The van der Waals surface area contributed by atoms with Gasteiger partial charge in [-0.2, -0.15) is 0 Å². The lowest BCUT2D eigenvalue weighted by Crippen LogP contribution is -2.33. The van der Waals surface area contributed by atoms with Crippen molar-refractivity contribution in [2.24, 2.45) is 0 Å². The second-order valence-electron chi connectivity index (χ2n) is 5.85. The first-order valence-electron chi connectivity index (χ1n) is 6.93. The van der Waals surface area contributed by atoms with E-state index in [0.29, 0.717) is 5.82 Å². The molecule has 1 aromatic heterocycles. The number of hydrogen-bond acceptors (Lipinski definition) is 5. The quantitative estimate of drug-likeness (QED) is 0.874. The van der Waals surface area contributed by atoms with Gasteiger partial charge >= 0.3 is 0 Å². The maximum Gasteiger partial charge on any atom is 0.135 e. The van der Waals surface area contributed by atoms with Crippen molar-refractivity contribution in [2.45, 2.75) is 52.1 Å². The molecule has 0 radical (unpaired) electrons. The highest BCUT2D eigenvalue weighted by molar-refractivity contribution is 5.55. The number of anilines is 2. The molecule has 1 unspecified atom stereocenters. The SMILES string of the molecule is Cc1c(N)nc(C(C)C)nc1NCC1(C)CCCO1. The molecule has 0 saturated carbocycles. The van der Waals surface area contributed by atoms with Crippen LogP contribution in [0.2, 0.25) is 0 Å². The molecule has 0 spiro atoms. The molecule has 2 heterocycles. The average Bonchev–Trinajstić information content (AvgIpc) is 2.78. The van der Waals surface area contributed by atoms with Crippen LogP contribution >= 0.6 is 0 Å².